The monoisotopic (exact) mass is 309 g/mol. The lowest BCUT2D eigenvalue weighted by molar-refractivity contribution is 0.257. The molecule has 18 heavy (non-hydrogen) atoms. The Bertz CT molecular complexity index is 445. The van der Waals surface area contributed by atoms with E-state index in [0.717, 1.165) is 22.4 Å². The molecule has 1 aromatic rings. The van der Waals surface area contributed by atoms with Crippen molar-refractivity contribution >= 4 is 21.6 Å². The lowest BCUT2D eigenvalue weighted by Gasteiger charge is -2.20. The van der Waals surface area contributed by atoms with E-state index < -0.39 is 0 Å². The molecular formula is C14H20BrN3. The molecule has 1 saturated carbocycles. The van der Waals surface area contributed by atoms with Gasteiger partial charge < -0.3 is 5.32 Å². The van der Waals surface area contributed by atoms with Crippen molar-refractivity contribution in [2.45, 2.75) is 51.2 Å². The topological polar surface area (TPSA) is 28.2 Å². The summed E-state index contributed by atoms with van der Waals surface area (Å²) < 4.78 is 0.907. The highest BCUT2D eigenvalue weighted by molar-refractivity contribution is 9.10. The van der Waals surface area contributed by atoms with E-state index in [1.807, 2.05) is 6.07 Å². The van der Waals surface area contributed by atoms with Crippen LogP contribution in [0.1, 0.15) is 31.9 Å². The molecular weight excluding hydrogens is 290 g/mol. The standard InChI is InChI=1S/C14H20BrN3/c1-9-7-11(8-18(9)12-3-4-12)17-13-5-6-14(15)16-10(13)2/h5-6,9,11-12,17H,3-4,7-8H2,1-2H3. The number of nitrogens with one attached hydrogen (secondary N) is 1. The van der Waals surface area contributed by atoms with Crippen LogP contribution < -0.4 is 5.32 Å². The van der Waals surface area contributed by atoms with Gasteiger partial charge in [0.1, 0.15) is 4.60 Å². The average molecular weight is 310 g/mol. The molecule has 4 heteroatoms. The summed E-state index contributed by atoms with van der Waals surface area (Å²) >= 11 is 3.41. The highest BCUT2D eigenvalue weighted by Crippen LogP contribution is 2.34. The molecule has 0 spiro atoms. The molecule has 1 aliphatic heterocycles. The van der Waals surface area contributed by atoms with Gasteiger partial charge in [0.2, 0.25) is 0 Å². The van der Waals surface area contributed by atoms with Crippen LogP contribution in [0.5, 0.6) is 0 Å². The second-order valence-corrected chi connectivity index (χ2v) is 6.43. The number of rotatable bonds is 3. The smallest absolute Gasteiger partial charge is 0.106 e. The minimum absolute atomic E-state index is 0.572. The number of halogens is 1. The summed E-state index contributed by atoms with van der Waals surface area (Å²) in [5, 5.41) is 3.65. The molecule has 0 radical (unpaired) electrons. The minimum atomic E-state index is 0.572. The van der Waals surface area contributed by atoms with E-state index in [-0.39, 0.29) is 0 Å². The maximum atomic E-state index is 4.44. The van der Waals surface area contributed by atoms with Crippen LogP contribution in [0.15, 0.2) is 16.7 Å². The maximum Gasteiger partial charge on any atom is 0.106 e. The van der Waals surface area contributed by atoms with Crippen molar-refractivity contribution in [2.24, 2.45) is 0 Å². The average Bonchev–Trinajstić information content (AvgIpc) is 3.08. The normalized spacial score (nSPS) is 28.6. The predicted molar refractivity (Wildman–Crippen MR) is 77.9 cm³/mol. The van der Waals surface area contributed by atoms with Crippen LogP contribution >= 0.6 is 15.9 Å². The SMILES string of the molecule is Cc1nc(Br)ccc1NC1CC(C)N(C2CC2)C1. The van der Waals surface area contributed by atoms with Crippen LogP contribution in [0.4, 0.5) is 5.69 Å². The highest BCUT2D eigenvalue weighted by Gasteiger charge is 2.38. The molecule has 1 aromatic heterocycles. The fraction of sp³-hybridized carbons (Fsp3) is 0.643. The molecule has 0 aromatic carbocycles. The predicted octanol–water partition coefficient (Wildman–Crippen LogP) is 3.19. The summed E-state index contributed by atoms with van der Waals surface area (Å²) in [6, 6.07) is 6.29. The number of aromatic nitrogens is 1. The van der Waals surface area contributed by atoms with Gasteiger partial charge >= 0.3 is 0 Å². The van der Waals surface area contributed by atoms with Crippen molar-refractivity contribution in [1.29, 1.82) is 0 Å². The fourth-order valence-electron chi connectivity index (χ4n) is 2.98. The van der Waals surface area contributed by atoms with Gasteiger partial charge in [-0.05, 0) is 61.2 Å². The fourth-order valence-corrected chi connectivity index (χ4v) is 3.38. The van der Waals surface area contributed by atoms with E-state index >= 15 is 0 Å². The number of anilines is 1. The first-order valence-electron chi connectivity index (χ1n) is 6.79. The zero-order valence-corrected chi connectivity index (χ0v) is 12.6. The van der Waals surface area contributed by atoms with Gasteiger partial charge in [-0.3, -0.25) is 4.90 Å². The number of pyridine rings is 1. The van der Waals surface area contributed by atoms with Gasteiger partial charge in [0, 0.05) is 24.7 Å². The second kappa shape index (κ2) is 4.82. The first-order chi connectivity index (χ1) is 8.63. The van der Waals surface area contributed by atoms with Crippen LogP contribution in [0.25, 0.3) is 0 Å². The van der Waals surface area contributed by atoms with E-state index in [9.17, 15) is 0 Å². The molecule has 0 bridgehead atoms. The number of hydrogen-bond donors (Lipinski definition) is 1. The van der Waals surface area contributed by atoms with Crippen LogP contribution in [-0.4, -0.2) is 34.6 Å². The zero-order valence-electron chi connectivity index (χ0n) is 11.0. The summed E-state index contributed by atoms with van der Waals surface area (Å²) in [6.45, 7) is 5.60. The van der Waals surface area contributed by atoms with Crippen molar-refractivity contribution in [1.82, 2.24) is 9.88 Å². The Morgan fingerprint density at radius 2 is 2.17 bits per heavy atom. The van der Waals surface area contributed by atoms with Crippen LogP contribution in [0.2, 0.25) is 0 Å². The van der Waals surface area contributed by atoms with Gasteiger partial charge in [-0.25, -0.2) is 4.98 Å². The number of hydrogen-bond acceptors (Lipinski definition) is 3. The van der Waals surface area contributed by atoms with Crippen molar-refractivity contribution in [2.75, 3.05) is 11.9 Å². The molecule has 2 aliphatic rings. The molecule has 1 saturated heterocycles. The summed E-state index contributed by atoms with van der Waals surface area (Å²) in [6.07, 6.45) is 4.04. The maximum absolute atomic E-state index is 4.44. The molecule has 2 fully saturated rings. The molecule has 2 atom stereocenters. The molecule has 3 nitrogen and oxygen atoms in total. The largest absolute Gasteiger partial charge is 0.379 e. The van der Waals surface area contributed by atoms with Crippen molar-refractivity contribution in [3.63, 3.8) is 0 Å². The van der Waals surface area contributed by atoms with E-state index in [1.165, 1.54) is 31.5 Å². The summed E-state index contributed by atoms with van der Waals surface area (Å²) in [5.41, 5.74) is 2.25. The number of likely N-dealkylation sites (tertiary alicyclic amines) is 1. The third-order valence-corrected chi connectivity index (χ3v) is 4.49. The quantitative estimate of drug-likeness (QED) is 0.869. The van der Waals surface area contributed by atoms with Gasteiger partial charge in [0.15, 0.2) is 0 Å². The molecule has 2 unspecified atom stereocenters. The Balaban J connectivity index is 1.66. The second-order valence-electron chi connectivity index (χ2n) is 5.62. The van der Waals surface area contributed by atoms with Crippen molar-refractivity contribution in [3.05, 3.63) is 22.4 Å². The Morgan fingerprint density at radius 1 is 1.39 bits per heavy atom. The summed E-state index contributed by atoms with van der Waals surface area (Å²) in [7, 11) is 0. The molecule has 1 aliphatic carbocycles. The summed E-state index contributed by atoms with van der Waals surface area (Å²) in [5.74, 6) is 0. The minimum Gasteiger partial charge on any atom is -0.379 e. The third-order valence-electron chi connectivity index (χ3n) is 4.05. The van der Waals surface area contributed by atoms with Crippen LogP contribution in [-0.2, 0) is 0 Å². The molecule has 0 amide bonds. The van der Waals surface area contributed by atoms with Crippen molar-refractivity contribution < 1.29 is 0 Å². The Hall–Kier alpha value is -0.610. The number of nitrogens with zero attached hydrogens (tertiary/aromatic N) is 2. The first-order valence-corrected chi connectivity index (χ1v) is 7.58. The zero-order chi connectivity index (χ0) is 12.7. The third kappa shape index (κ3) is 2.54. The van der Waals surface area contributed by atoms with E-state index in [1.54, 1.807) is 0 Å². The lowest BCUT2D eigenvalue weighted by Crippen LogP contribution is -2.31. The molecule has 3 rings (SSSR count). The number of aryl methyl sites for hydroxylation is 1. The van der Waals surface area contributed by atoms with Crippen LogP contribution in [0, 0.1) is 6.92 Å². The Morgan fingerprint density at radius 3 is 2.83 bits per heavy atom. The van der Waals surface area contributed by atoms with E-state index in [0.29, 0.717) is 6.04 Å². The van der Waals surface area contributed by atoms with Crippen LogP contribution in [0.3, 0.4) is 0 Å². The van der Waals surface area contributed by atoms with Crippen molar-refractivity contribution in [3.8, 4) is 0 Å². The van der Waals surface area contributed by atoms with Gasteiger partial charge in [0.25, 0.3) is 0 Å². The molecule has 98 valence electrons. The van der Waals surface area contributed by atoms with E-state index in [4.69, 9.17) is 0 Å². The van der Waals surface area contributed by atoms with Gasteiger partial charge in [-0.15, -0.1) is 0 Å². The van der Waals surface area contributed by atoms with Gasteiger partial charge in [0.05, 0.1) is 11.4 Å². The van der Waals surface area contributed by atoms with Gasteiger partial charge in [-0.2, -0.15) is 0 Å². The molecule has 1 N–H and O–H groups in total. The van der Waals surface area contributed by atoms with Gasteiger partial charge in [-0.1, -0.05) is 0 Å². The lowest BCUT2D eigenvalue weighted by atomic mass is 10.2. The first kappa shape index (κ1) is 12.4. The summed E-state index contributed by atoms with van der Waals surface area (Å²) in [4.78, 5) is 7.11. The highest BCUT2D eigenvalue weighted by atomic mass is 79.9. The van der Waals surface area contributed by atoms with E-state index in [2.05, 4.69) is 51.0 Å². The Kier molecular flexibility index (Phi) is 3.32. The Labute approximate surface area is 117 Å². The molecule has 2 heterocycles.